The van der Waals surface area contributed by atoms with Gasteiger partial charge in [0.05, 0.1) is 32.7 Å². The van der Waals surface area contributed by atoms with Crippen LogP contribution in [0.2, 0.25) is 5.02 Å². The number of carbonyl (C=O) groups excluding carboxylic acids is 3. The van der Waals surface area contributed by atoms with Crippen molar-refractivity contribution in [2.45, 2.75) is 0 Å². The second-order valence-corrected chi connectivity index (χ2v) is 9.96. The first-order valence-corrected chi connectivity index (χ1v) is 12.9. The summed E-state index contributed by atoms with van der Waals surface area (Å²) in [4.78, 5) is 39.3. The van der Waals surface area contributed by atoms with Crippen LogP contribution in [-0.4, -0.2) is 42.3 Å². The van der Waals surface area contributed by atoms with Crippen molar-refractivity contribution in [3.63, 3.8) is 0 Å². The molecule has 2 amide bonds. The Bertz CT molecular complexity index is 1350. The Balaban J connectivity index is 1.48. The molecule has 3 aromatic carbocycles. The van der Waals surface area contributed by atoms with E-state index < -0.39 is 11.9 Å². The number of thioether (sulfide) groups is 1. The molecule has 10 heteroatoms. The number of nitrogens with zero attached hydrogens (tertiary/aromatic N) is 1. The highest BCUT2D eigenvalue weighted by Crippen LogP contribution is 2.38. The van der Waals surface area contributed by atoms with E-state index in [2.05, 4.69) is 0 Å². The summed E-state index contributed by atoms with van der Waals surface area (Å²) in [6.45, 7) is 0.321. The predicted molar refractivity (Wildman–Crippen MR) is 147 cm³/mol. The SMILES string of the molecule is COc1cc(/C=C2\SC(=O)N(CCOc3ccccc3)C2=O)cc(I)c1OC(=O)c1ccccc1Cl. The predicted octanol–water partition coefficient (Wildman–Crippen LogP) is 6.29. The van der Waals surface area contributed by atoms with Crippen molar-refractivity contribution in [2.24, 2.45) is 0 Å². The second kappa shape index (κ2) is 11.8. The number of esters is 1. The van der Waals surface area contributed by atoms with E-state index in [1.165, 1.54) is 7.11 Å². The van der Waals surface area contributed by atoms with E-state index in [1.807, 2.05) is 40.8 Å². The number of benzene rings is 3. The van der Waals surface area contributed by atoms with E-state index in [0.29, 0.717) is 20.6 Å². The molecule has 0 N–H and O–H groups in total. The molecule has 1 heterocycles. The zero-order chi connectivity index (χ0) is 25.7. The number of methoxy groups -OCH3 is 1. The van der Waals surface area contributed by atoms with Gasteiger partial charge in [0.25, 0.3) is 11.1 Å². The molecular formula is C26H19ClINO6S. The molecule has 0 aliphatic carbocycles. The summed E-state index contributed by atoms with van der Waals surface area (Å²) in [5.41, 5.74) is 0.839. The molecule has 0 atom stereocenters. The van der Waals surface area contributed by atoms with E-state index in [4.69, 9.17) is 25.8 Å². The average molecular weight is 636 g/mol. The molecule has 0 spiro atoms. The number of hydrogen-bond acceptors (Lipinski definition) is 7. The lowest BCUT2D eigenvalue weighted by Crippen LogP contribution is -2.32. The highest BCUT2D eigenvalue weighted by atomic mass is 127. The van der Waals surface area contributed by atoms with E-state index >= 15 is 0 Å². The van der Waals surface area contributed by atoms with Crippen LogP contribution in [0.3, 0.4) is 0 Å². The Morgan fingerprint density at radius 2 is 1.81 bits per heavy atom. The topological polar surface area (TPSA) is 82.1 Å². The van der Waals surface area contributed by atoms with Crippen molar-refractivity contribution in [2.75, 3.05) is 20.3 Å². The fourth-order valence-corrected chi connectivity index (χ4v) is 5.13. The first-order chi connectivity index (χ1) is 17.4. The number of ether oxygens (including phenoxy) is 3. The number of amides is 2. The highest BCUT2D eigenvalue weighted by Gasteiger charge is 2.35. The summed E-state index contributed by atoms with van der Waals surface area (Å²) >= 11 is 8.97. The van der Waals surface area contributed by atoms with Gasteiger partial charge in [0, 0.05) is 0 Å². The van der Waals surface area contributed by atoms with Gasteiger partial charge in [0.1, 0.15) is 12.4 Å². The summed E-state index contributed by atoms with van der Waals surface area (Å²) in [6.07, 6.45) is 1.60. The molecule has 4 rings (SSSR count). The lowest BCUT2D eigenvalue weighted by molar-refractivity contribution is -0.123. The Hall–Kier alpha value is -3.02. The molecule has 1 fully saturated rings. The van der Waals surface area contributed by atoms with Crippen LogP contribution in [0, 0.1) is 3.57 Å². The third kappa shape index (κ3) is 6.03. The van der Waals surface area contributed by atoms with Gasteiger partial charge in [-0.2, -0.15) is 0 Å². The van der Waals surface area contributed by atoms with Crippen LogP contribution in [0.4, 0.5) is 4.79 Å². The Labute approximate surface area is 230 Å². The summed E-state index contributed by atoms with van der Waals surface area (Å²) in [6, 6.07) is 19.1. The number of imide groups is 1. The van der Waals surface area contributed by atoms with Crippen molar-refractivity contribution in [3.05, 3.63) is 91.4 Å². The first kappa shape index (κ1) is 26.1. The number of carbonyl (C=O) groups is 3. The van der Waals surface area contributed by atoms with Crippen LogP contribution in [0.1, 0.15) is 15.9 Å². The third-order valence-electron chi connectivity index (χ3n) is 5.04. The van der Waals surface area contributed by atoms with Crippen molar-refractivity contribution in [3.8, 4) is 17.2 Å². The van der Waals surface area contributed by atoms with Crippen LogP contribution >= 0.6 is 46.0 Å². The van der Waals surface area contributed by atoms with Gasteiger partial charge in [0.15, 0.2) is 11.5 Å². The number of halogens is 2. The van der Waals surface area contributed by atoms with Gasteiger partial charge in [0.2, 0.25) is 0 Å². The molecule has 0 radical (unpaired) electrons. The monoisotopic (exact) mass is 635 g/mol. The van der Waals surface area contributed by atoms with Gasteiger partial charge in [-0.25, -0.2) is 4.79 Å². The molecule has 184 valence electrons. The highest BCUT2D eigenvalue weighted by molar-refractivity contribution is 14.1. The fraction of sp³-hybridized carbons (Fsp3) is 0.115. The maximum absolute atomic E-state index is 12.8. The maximum atomic E-state index is 12.8. The molecular weight excluding hydrogens is 617 g/mol. The third-order valence-corrected chi connectivity index (χ3v) is 7.08. The van der Waals surface area contributed by atoms with Gasteiger partial charge in [-0.15, -0.1) is 0 Å². The van der Waals surface area contributed by atoms with Gasteiger partial charge < -0.3 is 14.2 Å². The quantitative estimate of drug-likeness (QED) is 0.125. The Morgan fingerprint density at radius 3 is 2.53 bits per heavy atom. The number of para-hydroxylation sites is 1. The van der Waals surface area contributed by atoms with E-state index in [0.717, 1.165) is 16.7 Å². The molecule has 0 saturated carbocycles. The van der Waals surface area contributed by atoms with Crippen LogP contribution in [0.25, 0.3) is 6.08 Å². The minimum absolute atomic E-state index is 0.134. The molecule has 1 aliphatic rings. The van der Waals surface area contributed by atoms with Crippen LogP contribution < -0.4 is 14.2 Å². The van der Waals surface area contributed by atoms with Gasteiger partial charge in [-0.3, -0.25) is 14.5 Å². The maximum Gasteiger partial charge on any atom is 0.345 e. The summed E-state index contributed by atoms with van der Waals surface area (Å²) in [5.74, 6) is 0.167. The van der Waals surface area contributed by atoms with Crippen LogP contribution in [0.5, 0.6) is 17.2 Å². The minimum Gasteiger partial charge on any atom is -0.493 e. The number of hydrogen-bond donors (Lipinski definition) is 0. The number of rotatable bonds is 8. The molecule has 0 bridgehead atoms. The van der Waals surface area contributed by atoms with Gasteiger partial charge >= 0.3 is 5.97 Å². The molecule has 0 unspecified atom stereocenters. The summed E-state index contributed by atoms with van der Waals surface area (Å²) in [5, 5.41) is -0.0900. The van der Waals surface area contributed by atoms with E-state index in [1.54, 1.807) is 54.6 Å². The Morgan fingerprint density at radius 1 is 1.08 bits per heavy atom. The molecule has 7 nitrogen and oxygen atoms in total. The van der Waals surface area contributed by atoms with Crippen molar-refractivity contribution in [1.29, 1.82) is 0 Å². The standard InChI is InChI=1S/C26H19ClINO6S/c1-33-21-14-16(13-20(28)23(21)35-25(31)18-9-5-6-10-19(18)27)15-22-24(30)29(26(32)36-22)11-12-34-17-7-3-2-4-8-17/h2-10,13-15H,11-12H2,1H3/b22-15-. The normalized spacial score (nSPS) is 14.3. The van der Waals surface area contributed by atoms with Crippen LogP contribution in [-0.2, 0) is 4.79 Å². The first-order valence-electron chi connectivity index (χ1n) is 10.6. The van der Waals surface area contributed by atoms with Crippen molar-refractivity contribution >= 4 is 69.1 Å². The fourth-order valence-electron chi connectivity index (χ4n) is 3.31. The lowest BCUT2D eigenvalue weighted by Gasteiger charge is -2.13. The minimum atomic E-state index is -0.622. The van der Waals surface area contributed by atoms with Crippen molar-refractivity contribution in [1.82, 2.24) is 4.90 Å². The molecule has 0 aromatic heterocycles. The molecule has 1 saturated heterocycles. The molecule has 36 heavy (non-hydrogen) atoms. The molecule has 1 aliphatic heterocycles. The van der Waals surface area contributed by atoms with E-state index in [9.17, 15) is 14.4 Å². The van der Waals surface area contributed by atoms with E-state index in [-0.39, 0.29) is 39.6 Å². The average Bonchev–Trinajstić information content (AvgIpc) is 3.13. The van der Waals surface area contributed by atoms with Gasteiger partial charge in [-0.1, -0.05) is 41.9 Å². The zero-order valence-corrected chi connectivity index (χ0v) is 22.6. The van der Waals surface area contributed by atoms with Crippen molar-refractivity contribution < 1.29 is 28.6 Å². The second-order valence-electron chi connectivity index (χ2n) is 7.40. The van der Waals surface area contributed by atoms with Gasteiger partial charge in [-0.05, 0) is 82.4 Å². The smallest absolute Gasteiger partial charge is 0.345 e. The van der Waals surface area contributed by atoms with Crippen LogP contribution in [0.15, 0.2) is 71.6 Å². The largest absolute Gasteiger partial charge is 0.493 e. The summed E-state index contributed by atoms with van der Waals surface area (Å²) < 4.78 is 17.2. The summed E-state index contributed by atoms with van der Waals surface area (Å²) in [7, 11) is 1.45. The Kier molecular flexibility index (Phi) is 8.55. The lowest BCUT2D eigenvalue weighted by atomic mass is 10.1. The zero-order valence-electron chi connectivity index (χ0n) is 18.9. The molecule has 3 aromatic rings.